The van der Waals surface area contributed by atoms with Crippen LogP contribution in [0.25, 0.3) is 0 Å². The first-order valence-electron chi connectivity index (χ1n) is 6.66. The monoisotopic (exact) mass is 331 g/mol. The van der Waals surface area contributed by atoms with Crippen LogP contribution in [0.2, 0.25) is 5.02 Å². The number of amides is 1. The number of benzene rings is 1. The van der Waals surface area contributed by atoms with E-state index in [1.165, 1.54) is 18.2 Å². The van der Waals surface area contributed by atoms with E-state index in [-0.39, 0.29) is 33.5 Å². The largest absolute Gasteiger partial charge is 0.328 e. The lowest BCUT2D eigenvalue weighted by molar-refractivity contribution is -0.120. The molecule has 1 aliphatic rings. The molecule has 21 heavy (non-hydrogen) atoms. The molecule has 8 heteroatoms. The molecule has 6 nitrogen and oxygen atoms in total. The molecular formula is C13H18ClN3O3S. The summed E-state index contributed by atoms with van der Waals surface area (Å²) >= 11 is 5.98. The molecule has 0 aliphatic heterocycles. The highest BCUT2D eigenvalue weighted by Crippen LogP contribution is 2.28. The molecule has 116 valence electrons. The topological polar surface area (TPSA) is 115 Å². The summed E-state index contributed by atoms with van der Waals surface area (Å²) in [4.78, 5) is 12.1. The van der Waals surface area contributed by atoms with Gasteiger partial charge in [0.05, 0.1) is 15.6 Å². The van der Waals surface area contributed by atoms with Crippen molar-refractivity contribution < 1.29 is 13.2 Å². The molecule has 0 aromatic heterocycles. The maximum absolute atomic E-state index is 12.2. The Balaban J connectivity index is 2.14. The van der Waals surface area contributed by atoms with Crippen LogP contribution >= 0.6 is 11.6 Å². The Labute approximate surface area is 128 Å². The van der Waals surface area contributed by atoms with E-state index in [9.17, 15) is 13.2 Å². The molecule has 1 fully saturated rings. The minimum atomic E-state index is -3.84. The van der Waals surface area contributed by atoms with Crippen molar-refractivity contribution in [1.29, 1.82) is 0 Å². The number of anilines is 1. The Morgan fingerprint density at radius 3 is 2.43 bits per heavy atom. The van der Waals surface area contributed by atoms with Gasteiger partial charge in [-0.15, -0.1) is 0 Å². The van der Waals surface area contributed by atoms with E-state index >= 15 is 0 Å². The van der Waals surface area contributed by atoms with Crippen LogP contribution in [0.4, 0.5) is 5.69 Å². The van der Waals surface area contributed by atoms with Crippen LogP contribution < -0.4 is 16.2 Å². The van der Waals surface area contributed by atoms with Crippen molar-refractivity contribution in [3.63, 3.8) is 0 Å². The number of sulfonamides is 1. The number of halogens is 1. The summed E-state index contributed by atoms with van der Waals surface area (Å²) in [5.74, 6) is -0.297. The van der Waals surface area contributed by atoms with Gasteiger partial charge in [0.25, 0.3) is 0 Å². The Hall–Kier alpha value is -1.15. The van der Waals surface area contributed by atoms with E-state index in [0.717, 1.165) is 25.7 Å². The van der Waals surface area contributed by atoms with Gasteiger partial charge in [0, 0.05) is 12.0 Å². The van der Waals surface area contributed by atoms with Gasteiger partial charge < -0.3 is 11.1 Å². The molecule has 2 rings (SSSR count). The van der Waals surface area contributed by atoms with E-state index in [0.29, 0.717) is 0 Å². The molecule has 1 aromatic carbocycles. The molecule has 5 N–H and O–H groups in total. The highest BCUT2D eigenvalue weighted by atomic mass is 35.5. The highest BCUT2D eigenvalue weighted by Gasteiger charge is 2.25. The number of carbonyl (C=O) groups is 1. The zero-order valence-electron chi connectivity index (χ0n) is 11.4. The molecule has 0 radical (unpaired) electrons. The SMILES string of the molecule is NC1CCC(C(=O)Nc2cc(S(N)(=O)=O)ccc2Cl)CC1. The molecule has 0 bridgehead atoms. The number of hydrogen-bond acceptors (Lipinski definition) is 4. The van der Waals surface area contributed by atoms with E-state index in [1.54, 1.807) is 0 Å². The van der Waals surface area contributed by atoms with Crippen molar-refractivity contribution in [2.45, 2.75) is 36.6 Å². The van der Waals surface area contributed by atoms with Crippen LogP contribution in [-0.2, 0) is 14.8 Å². The van der Waals surface area contributed by atoms with Crippen LogP contribution in [0.5, 0.6) is 0 Å². The average molecular weight is 332 g/mol. The number of carbonyl (C=O) groups excluding carboxylic acids is 1. The second kappa shape index (κ2) is 6.31. The third-order valence-corrected chi connectivity index (χ3v) is 4.91. The normalized spacial score (nSPS) is 22.8. The van der Waals surface area contributed by atoms with Gasteiger partial charge >= 0.3 is 0 Å². The number of rotatable bonds is 3. The standard InChI is InChI=1S/C13H18ClN3O3S/c14-11-6-5-10(21(16,19)20)7-12(11)17-13(18)8-1-3-9(15)4-2-8/h5-9H,1-4,15H2,(H,17,18)(H2,16,19,20). The lowest BCUT2D eigenvalue weighted by Gasteiger charge is -2.25. The lowest BCUT2D eigenvalue weighted by Crippen LogP contribution is -2.32. The first-order chi connectivity index (χ1) is 9.77. The second-order valence-electron chi connectivity index (χ2n) is 5.29. The van der Waals surface area contributed by atoms with Gasteiger partial charge in [-0.25, -0.2) is 13.6 Å². The number of nitrogens with one attached hydrogen (secondary N) is 1. The van der Waals surface area contributed by atoms with Gasteiger partial charge in [-0.05, 0) is 43.9 Å². The summed E-state index contributed by atoms with van der Waals surface area (Å²) in [6.07, 6.45) is 3.06. The summed E-state index contributed by atoms with van der Waals surface area (Å²) in [5.41, 5.74) is 6.06. The van der Waals surface area contributed by atoms with Crippen molar-refractivity contribution in [2.75, 3.05) is 5.32 Å². The van der Waals surface area contributed by atoms with Crippen molar-refractivity contribution in [1.82, 2.24) is 0 Å². The minimum absolute atomic E-state index is 0.0899. The molecule has 1 amide bonds. The van der Waals surface area contributed by atoms with Crippen LogP contribution in [-0.4, -0.2) is 20.4 Å². The Morgan fingerprint density at radius 2 is 1.86 bits per heavy atom. The van der Waals surface area contributed by atoms with Gasteiger partial charge in [0.2, 0.25) is 15.9 Å². The quantitative estimate of drug-likeness (QED) is 0.777. The Bertz CT molecular complexity index is 640. The van der Waals surface area contributed by atoms with E-state index in [1.807, 2.05) is 0 Å². The predicted octanol–water partition coefficient (Wildman–Crippen LogP) is 1.44. The fourth-order valence-electron chi connectivity index (χ4n) is 2.39. The third kappa shape index (κ3) is 4.16. The Morgan fingerprint density at radius 1 is 1.24 bits per heavy atom. The van der Waals surface area contributed by atoms with Crippen molar-refractivity contribution in [3.05, 3.63) is 23.2 Å². The third-order valence-electron chi connectivity index (χ3n) is 3.67. The van der Waals surface area contributed by atoms with Gasteiger partial charge in [0.1, 0.15) is 0 Å². The summed E-state index contributed by atoms with van der Waals surface area (Å²) in [6.45, 7) is 0. The molecule has 0 atom stereocenters. The maximum Gasteiger partial charge on any atom is 0.238 e. The van der Waals surface area contributed by atoms with E-state index in [2.05, 4.69) is 5.32 Å². The van der Waals surface area contributed by atoms with Crippen LogP contribution in [0.1, 0.15) is 25.7 Å². The number of primary sulfonamides is 1. The maximum atomic E-state index is 12.2. The van der Waals surface area contributed by atoms with Crippen LogP contribution in [0.15, 0.2) is 23.1 Å². The Kier molecular flexibility index (Phi) is 4.88. The van der Waals surface area contributed by atoms with Crippen molar-refractivity contribution in [2.24, 2.45) is 16.8 Å². The molecule has 1 aromatic rings. The number of nitrogens with two attached hydrogens (primary N) is 2. The molecule has 0 heterocycles. The fraction of sp³-hybridized carbons (Fsp3) is 0.462. The second-order valence-corrected chi connectivity index (χ2v) is 7.26. The first kappa shape index (κ1) is 16.2. The van der Waals surface area contributed by atoms with Crippen molar-refractivity contribution >= 4 is 33.2 Å². The minimum Gasteiger partial charge on any atom is -0.328 e. The van der Waals surface area contributed by atoms with Gasteiger partial charge in [-0.1, -0.05) is 11.6 Å². The molecule has 1 aliphatic carbocycles. The van der Waals surface area contributed by atoms with E-state index in [4.69, 9.17) is 22.5 Å². The lowest BCUT2D eigenvalue weighted by atomic mass is 9.86. The smallest absolute Gasteiger partial charge is 0.238 e. The molecule has 0 unspecified atom stereocenters. The molecule has 0 saturated heterocycles. The van der Waals surface area contributed by atoms with Crippen molar-refractivity contribution in [3.8, 4) is 0 Å². The first-order valence-corrected chi connectivity index (χ1v) is 8.58. The summed E-state index contributed by atoms with van der Waals surface area (Å²) in [5, 5.41) is 8.01. The molecule has 1 saturated carbocycles. The summed E-state index contributed by atoms with van der Waals surface area (Å²) in [6, 6.07) is 4.12. The highest BCUT2D eigenvalue weighted by molar-refractivity contribution is 7.89. The molecular weight excluding hydrogens is 314 g/mol. The number of hydrogen-bond donors (Lipinski definition) is 3. The zero-order chi connectivity index (χ0) is 15.6. The van der Waals surface area contributed by atoms with Gasteiger partial charge in [-0.3, -0.25) is 4.79 Å². The average Bonchev–Trinajstić information content (AvgIpc) is 2.40. The summed E-state index contributed by atoms with van der Waals surface area (Å²) < 4.78 is 22.7. The fourth-order valence-corrected chi connectivity index (χ4v) is 3.10. The van der Waals surface area contributed by atoms with Crippen LogP contribution in [0.3, 0.4) is 0 Å². The van der Waals surface area contributed by atoms with Gasteiger partial charge in [-0.2, -0.15) is 0 Å². The predicted molar refractivity (Wildman–Crippen MR) is 81.4 cm³/mol. The van der Waals surface area contributed by atoms with E-state index < -0.39 is 10.0 Å². The van der Waals surface area contributed by atoms with Gasteiger partial charge in [0.15, 0.2) is 0 Å². The zero-order valence-corrected chi connectivity index (χ0v) is 13.0. The van der Waals surface area contributed by atoms with Crippen LogP contribution in [0, 0.1) is 5.92 Å². The molecule has 0 spiro atoms. The summed E-state index contributed by atoms with van der Waals surface area (Å²) in [7, 11) is -3.84.